The summed E-state index contributed by atoms with van der Waals surface area (Å²) in [6.45, 7) is 1.40. The molecule has 2 N–H and O–H groups in total. The van der Waals surface area contributed by atoms with E-state index in [1.165, 1.54) is 12.1 Å². The van der Waals surface area contributed by atoms with Crippen molar-refractivity contribution in [2.45, 2.75) is 25.3 Å². The molecule has 1 saturated heterocycles. The fraction of sp³-hybridized carbons (Fsp3) is 0.533. The van der Waals surface area contributed by atoms with E-state index in [9.17, 15) is 13.6 Å². The van der Waals surface area contributed by atoms with Gasteiger partial charge in [0.05, 0.1) is 6.42 Å². The highest BCUT2D eigenvalue weighted by atomic mass is 35.5. The molecule has 1 heterocycles. The number of hydrogen-bond donors (Lipinski definition) is 1. The summed E-state index contributed by atoms with van der Waals surface area (Å²) in [5, 5.41) is 0. The second-order valence-corrected chi connectivity index (χ2v) is 5.88. The highest BCUT2D eigenvalue weighted by Crippen LogP contribution is 2.37. The topological polar surface area (TPSA) is 46.3 Å². The third kappa shape index (κ3) is 3.19. The van der Waals surface area contributed by atoms with Crippen LogP contribution in [0.4, 0.5) is 8.78 Å². The first-order valence-electron chi connectivity index (χ1n) is 7.02. The van der Waals surface area contributed by atoms with Crippen LogP contribution in [0.5, 0.6) is 0 Å². The van der Waals surface area contributed by atoms with Gasteiger partial charge in [-0.3, -0.25) is 4.79 Å². The third-order valence-corrected chi connectivity index (χ3v) is 4.62. The van der Waals surface area contributed by atoms with E-state index in [2.05, 4.69) is 0 Å². The first kappa shape index (κ1) is 16.2. The van der Waals surface area contributed by atoms with Crippen LogP contribution in [0, 0.1) is 23.5 Å². The van der Waals surface area contributed by atoms with Crippen molar-refractivity contribution in [3.8, 4) is 0 Å². The molecule has 6 heteroatoms. The standard InChI is InChI=1S/C15H18F2N2O.ClH/c16-11-3-1-9(13(17)6-11)5-15(20)19-7-10-2-4-14(18)12(10)8-19;/h1,3,6,10,12,14H,2,4-5,7-8,18H2;1H. The molecule has 0 spiro atoms. The van der Waals surface area contributed by atoms with E-state index < -0.39 is 11.6 Å². The van der Waals surface area contributed by atoms with Crippen LogP contribution in [0.2, 0.25) is 0 Å². The first-order valence-corrected chi connectivity index (χ1v) is 7.02. The van der Waals surface area contributed by atoms with Crippen LogP contribution < -0.4 is 5.73 Å². The molecule has 3 atom stereocenters. The average molecular weight is 317 g/mol. The van der Waals surface area contributed by atoms with Crippen molar-refractivity contribution in [3.63, 3.8) is 0 Å². The summed E-state index contributed by atoms with van der Waals surface area (Å²) in [5.41, 5.74) is 6.28. The number of benzene rings is 1. The van der Waals surface area contributed by atoms with E-state index in [1.54, 1.807) is 4.90 Å². The van der Waals surface area contributed by atoms with Gasteiger partial charge < -0.3 is 10.6 Å². The minimum Gasteiger partial charge on any atom is -0.342 e. The van der Waals surface area contributed by atoms with E-state index in [-0.39, 0.29) is 36.3 Å². The third-order valence-electron chi connectivity index (χ3n) is 4.62. The van der Waals surface area contributed by atoms with Crippen LogP contribution in [0.25, 0.3) is 0 Å². The molecule has 1 aliphatic heterocycles. The molecule has 3 nitrogen and oxygen atoms in total. The highest BCUT2D eigenvalue weighted by molar-refractivity contribution is 5.85. The number of rotatable bonds is 2. The lowest BCUT2D eigenvalue weighted by molar-refractivity contribution is -0.129. The van der Waals surface area contributed by atoms with Crippen LogP contribution >= 0.6 is 12.4 Å². The van der Waals surface area contributed by atoms with Gasteiger partial charge in [0.1, 0.15) is 11.6 Å². The Balaban J connectivity index is 0.00000161. The summed E-state index contributed by atoms with van der Waals surface area (Å²) in [6.07, 6.45) is 2.09. The molecule has 1 aliphatic carbocycles. The number of fused-ring (bicyclic) bond motifs is 1. The molecule has 0 bridgehead atoms. The molecule has 21 heavy (non-hydrogen) atoms. The van der Waals surface area contributed by atoms with Crippen LogP contribution in [-0.4, -0.2) is 29.9 Å². The van der Waals surface area contributed by atoms with Crippen molar-refractivity contribution in [3.05, 3.63) is 35.4 Å². The number of amides is 1. The van der Waals surface area contributed by atoms with Gasteiger partial charge in [-0.25, -0.2) is 8.78 Å². The van der Waals surface area contributed by atoms with Gasteiger partial charge in [0.2, 0.25) is 5.91 Å². The summed E-state index contributed by atoms with van der Waals surface area (Å²) in [5.74, 6) is -0.504. The maximum absolute atomic E-state index is 13.6. The lowest BCUT2D eigenvalue weighted by atomic mass is 9.98. The van der Waals surface area contributed by atoms with Gasteiger partial charge in [0, 0.05) is 25.2 Å². The molecule has 0 radical (unpaired) electrons. The molecule has 1 aromatic rings. The quantitative estimate of drug-likeness (QED) is 0.908. The smallest absolute Gasteiger partial charge is 0.227 e. The number of nitrogens with two attached hydrogens (primary N) is 1. The fourth-order valence-electron chi connectivity index (χ4n) is 3.45. The van der Waals surface area contributed by atoms with Gasteiger partial charge in [0.15, 0.2) is 0 Å². The highest BCUT2D eigenvalue weighted by Gasteiger charge is 2.42. The van der Waals surface area contributed by atoms with Crippen molar-refractivity contribution in [1.29, 1.82) is 0 Å². The monoisotopic (exact) mass is 316 g/mol. The minimum absolute atomic E-state index is 0. The zero-order valence-corrected chi connectivity index (χ0v) is 12.4. The van der Waals surface area contributed by atoms with Crippen LogP contribution in [0.3, 0.4) is 0 Å². The van der Waals surface area contributed by atoms with Gasteiger partial charge >= 0.3 is 0 Å². The van der Waals surface area contributed by atoms with Crippen molar-refractivity contribution in [1.82, 2.24) is 4.90 Å². The molecule has 116 valence electrons. The number of carbonyl (C=O) groups is 1. The summed E-state index contributed by atoms with van der Waals surface area (Å²) in [7, 11) is 0. The van der Waals surface area contributed by atoms with E-state index >= 15 is 0 Å². The Labute approximate surface area is 128 Å². The Kier molecular flexibility index (Phi) is 4.84. The van der Waals surface area contributed by atoms with Crippen molar-refractivity contribution in [2.24, 2.45) is 17.6 Å². The van der Waals surface area contributed by atoms with Gasteiger partial charge in [-0.05, 0) is 36.3 Å². The first-order chi connectivity index (χ1) is 9.54. The molecule has 3 rings (SSSR count). The summed E-state index contributed by atoms with van der Waals surface area (Å²) < 4.78 is 26.4. The minimum atomic E-state index is -0.658. The van der Waals surface area contributed by atoms with Crippen LogP contribution in [-0.2, 0) is 11.2 Å². The molecule has 1 saturated carbocycles. The van der Waals surface area contributed by atoms with E-state index in [4.69, 9.17) is 5.73 Å². The van der Waals surface area contributed by atoms with Crippen LogP contribution in [0.15, 0.2) is 18.2 Å². The van der Waals surface area contributed by atoms with E-state index in [0.29, 0.717) is 18.4 Å². The van der Waals surface area contributed by atoms with Gasteiger partial charge in [-0.15, -0.1) is 12.4 Å². The number of hydrogen-bond acceptors (Lipinski definition) is 2. The van der Waals surface area contributed by atoms with Crippen molar-refractivity contribution >= 4 is 18.3 Å². The second-order valence-electron chi connectivity index (χ2n) is 5.88. The number of halogens is 3. The normalized spacial score (nSPS) is 27.4. The molecule has 0 aromatic heterocycles. The lowest BCUT2D eigenvalue weighted by Gasteiger charge is -2.19. The summed E-state index contributed by atoms with van der Waals surface area (Å²) in [6, 6.07) is 3.52. The van der Waals surface area contributed by atoms with Gasteiger partial charge in [-0.1, -0.05) is 6.07 Å². The summed E-state index contributed by atoms with van der Waals surface area (Å²) in [4.78, 5) is 14.0. The Bertz CT molecular complexity index is 540. The molecular weight excluding hydrogens is 298 g/mol. The zero-order valence-electron chi connectivity index (χ0n) is 11.6. The summed E-state index contributed by atoms with van der Waals surface area (Å²) >= 11 is 0. The number of likely N-dealkylation sites (tertiary alicyclic amines) is 1. The maximum Gasteiger partial charge on any atom is 0.227 e. The van der Waals surface area contributed by atoms with E-state index in [0.717, 1.165) is 25.5 Å². The van der Waals surface area contributed by atoms with Crippen LogP contribution in [0.1, 0.15) is 18.4 Å². The Hall–Kier alpha value is -1.20. The molecular formula is C15H19ClF2N2O. The van der Waals surface area contributed by atoms with Crippen molar-refractivity contribution < 1.29 is 13.6 Å². The Morgan fingerprint density at radius 3 is 2.71 bits per heavy atom. The predicted octanol–water partition coefficient (Wildman–Crippen LogP) is 2.12. The van der Waals surface area contributed by atoms with Gasteiger partial charge in [0.25, 0.3) is 0 Å². The Morgan fingerprint density at radius 2 is 2.05 bits per heavy atom. The van der Waals surface area contributed by atoms with Gasteiger partial charge in [-0.2, -0.15) is 0 Å². The Morgan fingerprint density at radius 1 is 1.29 bits per heavy atom. The average Bonchev–Trinajstić information content (AvgIpc) is 2.96. The SMILES string of the molecule is Cl.NC1CCC2CN(C(=O)Cc3ccc(F)cc3F)CC12. The maximum atomic E-state index is 13.6. The molecule has 2 fully saturated rings. The lowest BCUT2D eigenvalue weighted by Crippen LogP contribution is -2.34. The van der Waals surface area contributed by atoms with Crippen molar-refractivity contribution in [2.75, 3.05) is 13.1 Å². The predicted molar refractivity (Wildman–Crippen MR) is 78.1 cm³/mol. The fourth-order valence-corrected chi connectivity index (χ4v) is 3.45. The molecule has 3 unspecified atom stereocenters. The zero-order chi connectivity index (χ0) is 14.3. The molecule has 1 aromatic carbocycles. The second kappa shape index (κ2) is 6.28. The number of carbonyl (C=O) groups excluding carboxylic acids is 1. The largest absolute Gasteiger partial charge is 0.342 e. The molecule has 1 amide bonds. The molecule has 2 aliphatic rings. The number of nitrogens with zero attached hydrogens (tertiary/aromatic N) is 1. The van der Waals surface area contributed by atoms with E-state index in [1.807, 2.05) is 0 Å².